The van der Waals surface area contributed by atoms with Crippen molar-refractivity contribution >= 4 is 0 Å². The second-order valence-electron chi connectivity index (χ2n) is 4.41. The lowest BCUT2D eigenvalue weighted by Gasteiger charge is -2.11. The Labute approximate surface area is 117 Å². The molecule has 1 heterocycles. The molecule has 1 N–H and O–H groups in total. The topological polar surface area (TPSA) is 42.6 Å². The molecule has 3 nitrogen and oxygen atoms in total. The van der Waals surface area contributed by atoms with Crippen LogP contribution in [0.4, 0.5) is 0 Å². The largest absolute Gasteiger partial charge is 0.466 e. The molecule has 0 aliphatic heterocycles. The maximum atomic E-state index is 10.2. The number of aliphatic hydroxyl groups excluding tert-OH is 1. The van der Waals surface area contributed by atoms with E-state index in [2.05, 4.69) is 0 Å². The molecular formula is C17H14O3. The van der Waals surface area contributed by atoms with E-state index in [-0.39, 0.29) is 0 Å². The summed E-state index contributed by atoms with van der Waals surface area (Å²) in [6, 6.07) is 20.4. The monoisotopic (exact) mass is 266 g/mol. The lowest BCUT2D eigenvalue weighted by molar-refractivity contribution is 0.189. The maximum absolute atomic E-state index is 10.2. The van der Waals surface area contributed by atoms with Crippen LogP contribution in [0.15, 0.2) is 77.4 Å². The maximum Gasteiger partial charge on any atom is 0.137 e. The third-order valence-electron chi connectivity index (χ3n) is 2.97. The minimum Gasteiger partial charge on any atom is -0.466 e. The molecule has 0 aliphatic carbocycles. The Balaban J connectivity index is 1.83. The van der Waals surface area contributed by atoms with E-state index in [4.69, 9.17) is 9.15 Å². The first kappa shape index (κ1) is 12.5. The summed E-state index contributed by atoms with van der Waals surface area (Å²) in [5, 5.41) is 10.2. The van der Waals surface area contributed by atoms with E-state index in [0.717, 1.165) is 11.3 Å². The van der Waals surface area contributed by atoms with Crippen molar-refractivity contribution in [3.63, 3.8) is 0 Å². The van der Waals surface area contributed by atoms with Crippen molar-refractivity contribution in [2.24, 2.45) is 0 Å². The van der Waals surface area contributed by atoms with Gasteiger partial charge in [-0.1, -0.05) is 30.3 Å². The summed E-state index contributed by atoms with van der Waals surface area (Å²) in [5.74, 6) is 1.96. The fraction of sp³-hybridized carbons (Fsp3) is 0.0588. The second-order valence-corrected chi connectivity index (χ2v) is 4.41. The molecule has 1 aromatic heterocycles. The van der Waals surface area contributed by atoms with Crippen molar-refractivity contribution in [1.82, 2.24) is 0 Å². The molecule has 3 aromatic rings. The molecule has 0 saturated carbocycles. The normalized spacial score (nSPS) is 12.1. The van der Waals surface area contributed by atoms with Crippen molar-refractivity contribution in [3.05, 3.63) is 84.3 Å². The van der Waals surface area contributed by atoms with Crippen molar-refractivity contribution in [3.8, 4) is 11.5 Å². The van der Waals surface area contributed by atoms with Gasteiger partial charge in [0.1, 0.15) is 23.4 Å². The van der Waals surface area contributed by atoms with E-state index in [1.807, 2.05) is 48.5 Å². The average Bonchev–Trinajstić information content (AvgIpc) is 3.02. The van der Waals surface area contributed by atoms with E-state index in [1.165, 1.54) is 0 Å². The molecule has 1 unspecified atom stereocenters. The Morgan fingerprint density at radius 1 is 0.850 bits per heavy atom. The highest BCUT2D eigenvalue weighted by Crippen LogP contribution is 2.27. The van der Waals surface area contributed by atoms with Crippen LogP contribution in [0.1, 0.15) is 17.4 Å². The van der Waals surface area contributed by atoms with Gasteiger partial charge >= 0.3 is 0 Å². The van der Waals surface area contributed by atoms with Gasteiger partial charge in [0, 0.05) is 0 Å². The predicted molar refractivity (Wildman–Crippen MR) is 75.7 cm³/mol. The van der Waals surface area contributed by atoms with Crippen LogP contribution in [0.2, 0.25) is 0 Å². The zero-order valence-corrected chi connectivity index (χ0v) is 10.8. The van der Waals surface area contributed by atoms with Gasteiger partial charge < -0.3 is 14.3 Å². The van der Waals surface area contributed by atoms with Gasteiger partial charge in [-0.2, -0.15) is 0 Å². The van der Waals surface area contributed by atoms with E-state index >= 15 is 0 Å². The third-order valence-corrected chi connectivity index (χ3v) is 2.97. The van der Waals surface area contributed by atoms with E-state index in [9.17, 15) is 5.11 Å². The number of benzene rings is 2. The lowest BCUT2D eigenvalue weighted by Crippen LogP contribution is -1.98. The summed E-state index contributed by atoms with van der Waals surface area (Å²) in [4.78, 5) is 0. The summed E-state index contributed by atoms with van der Waals surface area (Å²) >= 11 is 0. The summed E-state index contributed by atoms with van der Waals surface area (Å²) < 4.78 is 11.0. The van der Waals surface area contributed by atoms with Crippen molar-refractivity contribution in [2.75, 3.05) is 0 Å². The molecule has 0 spiro atoms. The second kappa shape index (κ2) is 5.63. The van der Waals surface area contributed by atoms with Crippen molar-refractivity contribution in [2.45, 2.75) is 6.10 Å². The van der Waals surface area contributed by atoms with Gasteiger partial charge in [-0.15, -0.1) is 0 Å². The Morgan fingerprint density at radius 3 is 2.40 bits per heavy atom. The molecule has 0 amide bonds. The first-order chi connectivity index (χ1) is 9.83. The number of hydrogen-bond acceptors (Lipinski definition) is 3. The van der Waals surface area contributed by atoms with Gasteiger partial charge in [0.2, 0.25) is 0 Å². The van der Waals surface area contributed by atoms with Crippen LogP contribution >= 0.6 is 0 Å². The zero-order valence-electron chi connectivity index (χ0n) is 10.8. The lowest BCUT2D eigenvalue weighted by atomic mass is 10.1. The number of aliphatic hydroxyl groups is 1. The van der Waals surface area contributed by atoms with Gasteiger partial charge in [-0.25, -0.2) is 0 Å². The molecule has 1 atom stereocenters. The standard InChI is InChI=1S/C17H14O3/c18-17(16-10-5-11-19-16)13-6-4-9-15(12-13)20-14-7-2-1-3-8-14/h1-12,17-18H. The van der Waals surface area contributed by atoms with E-state index in [1.54, 1.807) is 24.5 Å². The van der Waals surface area contributed by atoms with Crippen LogP contribution in [0, 0.1) is 0 Å². The van der Waals surface area contributed by atoms with Gasteiger partial charge in [0.25, 0.3) is 0 Å². The fourth-order valence-corrected chi connectivity index (χ4v) is 1.98. The highest BCUT2D eigenvalue weighted by Gasteiger charge is 2.13. The van der Waals surface area contributed by atoms with Gasteiger partial charge in [-0.05, 0) is 42.0 Å². The molecule has 100 valence electrons. The summed E-state index contributed by atoms with van der Waals surface area (Å²) in [6.07, 6.45) is 0.757. The number of hydrogen-bond donors (Lipinski definition) is 1. The van der Waals surface area contributed by atoms with Gasteiger partial charge in [0.15, 0.2) is 0 Å². The molecule has 0 radical (unpaired) electrons. The fourth-order valence-electron chi connectivity index (χ4n) is 1.98. The predicted octanol–water partition coefficient (Wildman–Crippen LogP) is 4.15. The van der Waals surface area contributed by atoms with Crippen LogP contribution < -0.4 is 4.74 Å². The molecule has 20 heavy (non-hydrogen) atoms. The Kier molecular flexibility index (Phi) is 3.52. The molecule has 0 bridgehead atoms. The first-order valence-electron chi connectivity index (χ1n) is 6.37. The first-order valence-corrected chi connectivity index (χ1v) is 6.37. The van der Waals surface area contributed by atoms with Gasteiger partial charge in [0.05, 0.1) is 6.26 Å². The summed E-state index contributed by atoms with van der Waals surface area (Å²) in [7, 11) is 0. The van der Waals surface area contributed by atoms with Gasteiger partial charge in [-0.3, -0.25) is 0 Å². The number of furan rings is 1. The van der Waals surface area contributed by atoms with E-state index in [0.29, 0.717) is 11.5 Å². The highest BCUT2D eigenvalue weighted by molar-refractivity contribution is 5.36. The Bertz CT molecular complexity index is 660. The third kappa shape index (κ3) is 2.73. The molecule has 3 rings (SSSR count). The molecular weight excluding hydrogens is 252 g/mol. The molecule has 0 fully saturated rings. The SMILES string of the molecule is OC(c1cccc(Oc2ccccc2)c1)c1ccco1. The molecule has 2 aromatic carbocycles. The van der Waals surface area contributed by atoms with Crippen LogP contribution in [-0.4, -0.2) is 5.11 Å². The number of para-hydroxylation sites is 1. The molecule has 3 heteroatoms. The molecule has 0 aliphatic rings. The number of rotatable bonds is 4. The van der Waals surface area contributed by atoms with Crippen LogP contribution in [0.3, 0.4) is 0 Å². The van der Waals surface area contributed by atoms with Crippen LogP contribution in [0.25, 0.3) is 0 Å². The highest BCUT2D eigenvalue weighted by atomic mass is 16.5. The number of ether oxygens (including phenoxy) is 1. The van der Waals surface area contributed by atoms with Crippen LogP contribution in [-0.2, 0) is 0 Å². The summed E-state index contributed by atoms with van der Waals surface area (Å²) in [5.41, 5.74) is 0.730. The van der Waals surface area contributed by atoms with Crippen molar-refractivity contribution in [1.29, 1.82) is 0 Å². The Morgan fingerprint density at radius 2 is 1.65 bits per heavy atom. The quantitative estimate of drug-likeness (QED) is 0.771. The van der Waals surface area contributed by atoms with Crippen molar-refractivity contribution < 1.29 is 14.3 Å². The van der Waals surface area contributed by atoms with Crippen LogP contribution in [0.5, 0.6) is 11.5 Å². The Hall–Kier alpha value is -2.52. The minimum atomic E-state index is -0.788. The average molecular weight is 266 g/mol. The minimum absolute atomic E-state index is 0.516. The summed E-state index contributed by atoms with van der Waals surface area (Å²) in [6.45, 7) is 0. The van der Waals surface area contributed by atoms with E-state index < -0.39 is 6.10 Å². The zero-order chi connectivity index (χ0) is 13.8. The smallest absolute Gasteiger partial charge is 0.137 e. The molecule has 0 saturated heterocycles.